The van der Waals surface area contributed by atoms with Gasteiger partial charge >= 0.3 is 5.69 Å². The summed E-state index contributed by atoms with van der Waals surface area (Å²) in [6.07, 6.45) is 3.94. The Bertz CT molecular complexity index is 1650. The first kappa shape index (κ1) is 22.3. The minimum Gasteiger partial charge on any atom is -0.348 e. The largest absolute Gasteiger partial charge is 0.348 e. The van der Waals surface area contributed by atoms with Crippen LogP contribution >= 0.6 is 0 Å². The van der Waals surface area contributed by atoms with E-state index in [4.69, 9.17) is 0 Å². The van der Waals surface area contributed by atoms with Crippen LogP contribution in [0.25, 0.3) is 22.1 Å². The predicted molar refractivity (Wildman–Crippen MR) is 133 cm³/mol. The fourth-order valence-corrected chi connectivity index (χ4v) is 4.10. The van der Waals surface area contributed by atoms with E-state index in [2.05, 4.69) is 24.8 Å². The summed E-state index contributed by atoms with van der Waals surface area (Å²) in [5.74, 6) is -0.346. The average molecular weight is 469 g/mol. The number of para-hydroxylation sites is 2. The van der Waals surface area contributed by atoms with Crippen LogP contribution in [0.4, 0.5) is 0 Å². The number of pyridine rings is 1. The van der Waals surface area contributed by atoms with Crippen molar-refractivity contribution in [3.05, 3.63) is 105 Å². The molecule has 0 spiro atoms. The summed E-state index contributed by atoms with van der Waals surface area (Å²) in [5.41, 5.74) is 3.59. The SMILES string of the molecule is CCCn1c(=O)[nH]c(=O)c2cc(C(=O)NCc3ccc(Cn4cnc5ccccc54)cc3)cnc21. The van der Waals surface area contributed by atoms with Crippen molar-refractivity contribution in [1.82, 2.24) is 29.4 Å². The number of carbonyl (C=O) groups excluding carboxylic acids is 1. The number of amides is 1. The van der Waals surface area contributed by atoms with Crippen LogP contribution in [0.2, 0.25) is 0 Å². The van der Waals surface area contributed by atoms with Gasteiger partial charge in [0.25, 0.3) is 11.5 Å². The molecule has 176 valence electrons. The van der Waals surface area contributed by atoms with Gasteiger partial charge in [0.05, 0.1) is 28.3 Å². The van der Waals surface area contributed by atoms with Crippen molar-refractivity contribution in [2.24, 2.45) is 0 Å². The molecule has 0 atom stereocenters. The summed E-state index contributed by atoms with van der Waals surface area (Å²) in [5, 5.41) is 3.08. The second-order valence-corrected chi connectivity index (χ2v) is 8.37. The van der Waals surface area contributed by atoms with Gasteiger partial charge in [-0.05, 0) is 35.7 Å². The lowest BCUT2D eigenvalue weighted by Crippen LogP contribution is -2.31. The van der Waals surface area contributed by atoms with E-state index in [1.165, 1.54) is 16.8 Å². The first-order chi connectivity index (χ1) is 17.0. The first-order valence-electron chi connectivity index (χ1n) is 11.4. The molecule has 0 saturated carbocycles. The zero-order valence-corrected chi connectivity index (χ0v) is 19.2. The zero-order valence-electron chi connectivity index (χ0n) is 19.2. The van der Waals surface area contributed by atoms with E-state index in [1.54, 1.807) is 0 Å². The summed E-state index contributed by atoms with van der Waals surface area (Å²) < 4.78 is 3.51. The van der Waals surface area contributed by atoms with Gasteiger partial charge in [0, 0.05) is 25.8 Å². The smallest absolute Gasteiger partial charge is 0.329 e. The van der Waals surface area contributed by atoms with Crippen LogP contribution in [0.5, 0.6) is 0 Å². The summed E-state index contributed by atoms with van der Waals surface area (Å²) in [7, 11) is 0. The standard InChI is InChI=1S/C26H24N6O3/c1-2-11-32-23-20(25(34)30-26(32)35)12-19(14-27-23)24(33)28-13-17-7-9-18(10-8-17)15-31-16-29-21-5-3-4-6-22(21)31/h3-10,12,14,16H,2,11,13,15H2,1H3,(H,28,33)(H,30,34,35). The molecule has 2 N–H and O–H groups in total. The normalized spacial score (nSPS) is 11.2. The highest BCUT2D eigenvalue weighted by atomic mass is 16.2. The molecule has 3 heterocycles. The molecule has 3 aromatic heterocycles. The number of H-pyrrole nitrogens is 1. The Morgan fingerprint density at radius 1 is 1.03 bits per heavy atom. The Hall–Kier alpha value is -4.53. The van der Waals surface area contributed by atoms with E-state index in [9.17, 15) is 14.4 Å². The van der Waals surface area contributed by atoms with Crippen molar-refractivity contribution in [2.45, 2.75) is 33.0 Å². The molecule has 0 saturated heterocycles. The van der Waals surface area contributed by atoms with Gasteiger partial charge < -0.3 is 9.88 Å². The molecule has 0 aliphatic heterocycles. The molecule has 0 bridgehead atoms. The Morgan fingerprint density at radius 3 is 2.60 bits per heavy atom. The van der Waals surface area contributed by atoms with Gasteiger partial charge in [0.2, 0.25) is 0 Å². The minimum atomic E-state index is -0.555. The third-order valence-corrected chi connectivity index (χ3v) is 5.90. The van der Waals surface area contributed by atoms with Crippen molar-refractivity contribution in [2.75, 3.05) is 0 Å². The Morgan fingerprint density at radius 2 is 1.80 bits per heavy atom. The highest BCUT2D eigenvalue weighted by Gasteiger charge is 2.13. The van der Waals surface area contributed by atoms with E-state index >= 15 is 0 Å². The maximum Gasteiger partial charge on any atom is 0.329 e. The van der Waals surface area contributed by atoms with Crippen LogP contribution in [0.15, 0.2) is 76.7 Å². The van der Waals surface area contributed by atoms with Gasteiger partial charge in [-0.15, -0.1) is 0 Å². The number of rotatable bonds is 7. The zero-order chi connectivity index (χ0) is 24.4. The number of benzene rings is 2. The van der Waals surface area contributed by atoms with Crippen molar-refractivity contribution in [1.29, 1.82) is 0 Å². The van der Waals surface area contributed by atoms with Gasteiger partial charge in [0.15, 0.2) is 0 Å². The summed E-state index contributed by atoms with van der Waals surface area (Å²) in [6.45, 7) is 3.39. The first-order valence-corrected chi connectivity index (χ1v) is 11.4. The number of fused-ring (bicyclic) bond motifs is 2. The van der Waals surface area contributed by atoms with Crippen molar-refractivity contribution in [3.8, 4) is 0 Å². The predicted octanol–water partition coefficient (Wildman–Crippen LogP) is 2.82. The molecular formula is C26H24N6O3. The van der Waals surface area contributed by atoms with E-state index in [-0.39, 0.29) is 22.5 Å². The van der Waals surface area contributed by atoms with Crippen LogP contribution in [-0.2, 0) is 19.6 Å². The molecule has 5 aromatic rings. The maximum absolute atomic E-state index is 12.7. The lowest BCUT2D eigenvalue weighted by molar-refractivity contribution is 0.0950. The number of imidazole rings is 1. The monoisotopic (exact) mass is 468 g/mol. The van der Waals surface area contributed by atoms with E-state index < -0.39 is 11.2 Å². The maximum atomic E-state index is 12.7. The Labute approximate surface area is 200 Å². The van der Waals surface area contributed by atoms with Gasteiger partial charge in [0.1, 0.15) is 5.65 Å². The second kappa shape index (κ2) is 9.38. The van der Waals surface area contributed by atoms with Crippen LogP contribution in [0.3, 0.4) is 0 Å². The highest BCUT2D eigenvalue weighted by Crippen LogP contribution is 2.15. The van der Waals surface area contributed by atoms with Gasteiger partial charge in [-0.3, -0.25) is 19.1 Å². The highest BCUT2D eigenvalue weighted by molar-refractivity contribution is 5.96. The molecule has 0 aliphatic rings. The number of aryl methyl sites for hydroxylation is 1. The number of aromatic nitrogens is 5. The van der Waals surface area contributed by atoms with Crippen molar-refractivity contribution >= 4 is 28.0 Å². The quantitative estimate of drug-likeness (QED) is 0.381. The fraction of sp³-hybridized carbons (Fsp3) is 0.192. The third kappa shape index (κ3) is 4.48. The fourth-order valence-electron chi connectivity index (χ4n) is 4.10. The number of carbonyl (C=O) groups is 1. The lowest BCUT2D eigenvalue weighted by Gasteiger charge is -2.10. The number of nitrogens with zero attached hydrogens (tertiary/aromatic N) is 4. The molecule has 0 radical (unpaired) electrons. The third-order valence-electron chi connectivity index (χ3n) is 5.90. The van der Waals surface area contributed by atoms with Crippen molar-refractivity contribution in [3.63, 3.8) is 0 Å². The molecule has 0 unspecified atom stereocenters. The Kier molecular flexibility index (Phi) is 5.97. The summed E-state index contributed by atoms with van der Waals surface area (Å²) in [6, 6.07) is 17.5. The number of aromatic amines is 1. The molecule has 2 aromatic carbocycles. The topological polar surface area (TPSA) is 115 Å². The molecule has 9 heteroatoms. The molecule has 1 amide bonds. The van der Waals surface area contributed by atoms with Crippen molar-refractivity contribution < 1.29 is 4.79 Å². The van der Waals surface area contributed by atoms with E-state index in [0.29, 0.717) is 26.1 Å². The van der Waals surface area contributed by atoms with Crippen LogP contribution in [-0.4, -0.2) is 30.0 Å². The van der Waals surface area contributed by atoms with Crippen LogP contribution in [0.1, 0.15) is 34.8 Å². The average Bonchev–Trinajstić information content (AvgIpc) is 3.28. The van der Waals surface area contributed by atoms with Crippen LogP contribution in [0, 0.1) is 0 Å². The minimum absolute atomic E-state index is 0.210. The molecule has 0 fully saturated rings. The van der Waals surface area contributed by atoms with Gasteiger partial charge in [-0.25, -0.2) is 14.8 Å². The summed E-state index contributed by atoms with van der Waals surface area (Å²) >= 11 is 0. The summed E-state index contributed by atoms with van der Waals surface area (Å²) in [4.78, 5) is 48.0. The lowest BCUT2D eigenvalue weighted by atomic mass is 10.1. The van der Waals surface area contributed by atoms with Crippen LogP contribution < -0.4 is 16.6 Å². The van der Waals surface area contributed by atoms with Gasteiger partial charge in [-0.2, -0.15) is 0 Å². The number of hydrogen-bond donors (Lipinski definition) is 2. The van der Waals surface area contributed by atoms with E-state index in [1.807, 2.05) is 61.8 Å². The van der Waals surface area contributed by atoms with Gasteiger partial charge in [-0.1, -0.05) is 43.3 Å². The molecule has 35 heavy (non-hydrogen) atoms. The molecule has 0 aliphatic carbocycles. The molecular weight excluding hydrogens is 444 g/mol. The molecule has 5 rings (SSSR count). The second-order valence-electron chi connectivity index (χ2n) is 8.37. The molecule has 9 nitrogen and oxygen atoms in total. The number of hydrogen-bond acceptors (Lipinski definition) is 5. The Balaban J connectivity index is 1.27. The number of nitrogens with one attached hydrogen (secondary N) is 2. The van der Waals surface area contributed by atoms with E-state index in [0.717, 1.165) is 22.2 Å².